The first-order chi connectivity index (χ1) is 14.1. The Morgan fingerprint density at radius 2 is 1.69 bits per heavy atom. The third-order valence-corrected chi connectivity index (χ3v) is 6.83. The molecule has 0 bridgehead atoms. The van der Waals surface area contributed by atoms with Gasteiger partial charge in [-0.25, -0.2) is 13.2 Å². The van der Waals surface area contributed by atoms with E-state index in [2.05, 4.69) is 6.92 Å². The molecule has 0 aliphatic heterocycles. The van der Waals surface area contributed by atoms with Crippen LogP contribution in [0, 0.1) is 23.4 Å². The smallest absolute Gasteiger partial charge is 0.166 e. The van der Waals surface area contributed by atoms with Gasteiger partial charge in [-0.05, 0) is 84.8 Å². The Labute approximate surface area is 171 Å². The molecule has 0 aromatic heterocycles. The van der Waals surface area contributed by atoms with Crippen LogP contribution >= 0.6 is 0 Å². The van der Waals surface area contributed by atoms with Crippen molar-refractivity contribution in [1.29, 1.82) is 0 Å². The molecule has 1 fully saturated rings. The molecule has 0 N–H and O–H groups in total. The molecule has 1 saturated carbocycles. The lowest BCUT2D eigenvalue weighted by molar-refractivity contribution is 0.299. The zero-order chi connectivity index (χ0) is 20.4. The predicted octanol–water partition coefficient (Wildman–Crippen LogP) is 7.75. The van der Waals surface area contributed by atoms with E-state index in [0.29, 0.717) is 24.0 Å². The number of benzene rings is 2. The first-order valence-corrected chi connectivity index (χ1v) is 11.0. The van der Waals surface area contributed by atoms with Crippen molar-refractivity contribution in [2.75, 3.05) is 0 Å². The summed E-state index contributed by atoms with van der Waals surface area (Å²) in [6, 6.07) is 8.24. The third-order valence-electron chi connectivity index (χ3n) is 6.83. The lowest BCUT2D eigenvalue weighted by atomic mass is 9.76. The van der Waals surface area contributed by atoms with Crippen LogP contribution in [0.5, 0.6) is 0 Å². The molecule has 2 aromatic rings. The van der Waals surface area contributed by atoms with Crippen molar-refractivity contribution in [2.45, 2.75) is 70.6 Å². The van der Waals surface area contributed by atoms with Crippen LogP contribution in [0.15, 0.2) is 36.4 Å². The molecule has 0 heterocycles. The first kappa shape index (κ1) is 20.3. The van der Waals surface area contributed by atoms with Crippen LogP contribution in [0.25, 0.3) is 5.57 Å². The number of allylic oxidation sites excluding steroid dienone is 2. The summed E-state index contributed by atoms with van der Waals surface area (Å²) in [6.07, 6.45) is 10.8. The summed E-state index contributed by atoms with van der Waals surface area (Å²) in [5.41, 5.74) is 3.50. The van der Waals surface area contributed by atoms with Gasteiger partial charge in [0.15, 0.2) is 11.6 Å². The van der Waals surface area contributed by atoms with Crippen LogP contribution in [-0.2, 0) is 12.8 Å². The average Bonchev–Trinajstić information content (AvgIpc) is 2.74. The monoisotopic (exact) mass is 398 g/mol. The topological polar surface area (TPSA) is 0 Å². The second kappa shape index (κ2) is 8.77. The zero-order valence-electron chi connectivity index (χ0n) is 17.1. The van der Waals surface area contributed by atoms with Crippen molar-refractivity contribution < 1.29 is 13.2 Å². The second-order valence-corrected chi connectivity index (χ2v) is 8.71. The molecule has 0 saturated heterocycles. The summed E-state index contributed by atoms with van der Waals surface area (Å²) < 4.78 is 43.6. The van der Waals surface area contributed by atoms with E-state index in [4.69, 9.17) is 0 Å². The van der Waals surface area contributed by atoms with Gasteiger partial charge in [-0.15, -0.1) is 0 Å². The summed E-state index contributed by atoms with van der Waals surface area (Å²) in [6.45, 7) is 2.21. The minimum absolute atomic E-state index is 0.117. The van der Waals surface area contributed by atoms with Gasteiger partial charge >= 0.3 is 0 Å². The maximum absolute atomic E-state index is 15.0. The standard InChI is InChI=1S/C26H29F3/c1-2-3-4-17-5-7-19(8-6-17)23-13-14-24(26(29)25(23)28)20-10-9-18-11-12-22(27)16-21(18)15-20/h10-14,16-17,19H,2-9,15H2,1H3. The van der Waals surface area contributed by atoms with Crippen LogP contribution in [0.4, 0.5) is 13.2 Å². The van der Waals surface area contributed by atoms with Crippen LogP contribution in [0.1, 0.15) is 80.0 Å². The van der Waals surface area contributed by atoms with Crippen LogP contribution in [0.3, 0.4) is 0 Å². The van der Waals surface area contributed by atoms with Gasteiger partial charge in [0.05, 0.1) is 0 Å². The van der Waals surface area contributed by atoms with Gasteiger partial charge in [0.1, 0.15) is 5.82 Å². The molecule has 154 valence electrons. The van der Waals surface area contributed by atoms with Crippen LogP contribution in [-0.4, -0.2) is 0 Å². The van der Waals surface area contributed by atoms with E-state index in [1.54, 1.807) is 18.2 Å². The fraction of sp³-hybridized carbons (Fsp3) is 0.462. The number of rotatable bonds is 5. The largest absolute Gasteiger partial charge is 0.207 e. The Morgan fingerprint density at radius 3 is 2.45 bits per heavy atom. The van der Waals surface area contributed by atoms with Crippen molar-refractivity contribution in [3.8, 4) is 0 Å². The summed E-state index contributed by atoms with van der Waals surface area (Å²) in [4.78, 5) is 0. The van der Waals surface area contributed by atoms with E-state index in [-0.39, 0.29) is 11.7 Å². The van der Waals surface area contributed by atoms with Gasteiger partial charge < -0.3 is 0 Å². The third kappa shape index (κ3) is 4.29. The highest BCUT2D eigenvalue weighted by atomic mass is 19.2. The second-order valence-electron chi connectivity index (χ2n) is 8.71. The molecule has 0 atom stereocenters. The fourth-order valence-electron chi connectivity index (χ4n) is 5.06. The molecule has 0 nitrogen and oxygen atoms in total. The minimum Gasteiger partial charge on any atom is -0.207 e. The summed E-state index contributed by atoms with van der Waals surface area (Å²) in [7, 11) is 0. The SMILES string of the molecule is CCCCC1CCC(c2ccc(C3=CCc4ccc(F)cc4C3)c(F)c2F)CC1. The van der Waals surface area contributed by atoms with Crippen LogP contribution in [0.2, 0.25) is 0 Å². The van der Waals surface area contributed by atoms with E-state index in [1.165, 1.54) is 31.4 Å². The van der Waals surface area contributed by atoms with E-state index >= 15 is 4.39 Å². The van der Waals surface area contributed by atoms with E-state index in [9.17, 15) is 8.78 Å². The Bertz CT molecular complexity index is 904. The number of halogens is 3. The van der Waals surface area contributed by atoms with E-state index in [0.717, 1.165) is 48.3 Å². The molecule has 2 aliphatic carbocycles. The lowest BCUT2D eigenvalue weighted by Gasteiger charge is -2.29. The van der Waals surface area contributed by atoms with Crippen molar-refractivity contribution in [1.82, 2.24) is 0 Å². The number of hydrogen-bond donors (Lipinski definition) is 0. The Morgan fingerprint density at radius 1 is 0.897 bits per heavy atom. The zero-order valence-corrected chi connectivity index (χ0v) is 17.1. The van der Waals surface area contributed by atoms with Crippen molar-refractivity contribution in [2.24, 2.45) is 5.92 Å². The molecule has 0 spiro atoms. The molecule has 29 heavy (non-hydrogen) atoms. The van der Waals surface area contributed by atoms with Crippen molar-refractivity contribution in [3.05, 3.63) is 76.1 Å². The first-order valence-electron chi connectivity index (χ1n) is 11.0. The normalized spacial score (nSPS) is 21.6. The van der Waals surface area contributed by atoms with Crippen molar-refractivity contribution in [3.63, 3.8) is 0 Å². The summed E-state index contributed by atoms with van der Waals surface area (Å²) in [5.74, 6) is -0.869. The van der Waals surface area contributed by atoms with Crippen molar-refractivity contribution >= 4 is 5.57 Å². The molecule has 2 aromatic carbocycles. The van der Waals surface area contributed by atoms with Crippen LogP contribution < -0.4 is 0 Å². The minimum atomic E-state index is -0.748. The summed E-state index contributed by atoms with van der Waals surface area (Å²) >= 11 is 0. The highest BCUT2D eigenvalue weighted by Gasteiger charge is 2.27. The highest BCUT2D eigenvalue weighted by molar-refractivity contribution is 5.71. The maximum Gasteiger partial charge on any atom is 0.166 e. The number of hydrogen-bond acceptors (Lipinski definition) is 0. The Kier molecular flexibility index (Phi) is 6.12. The maximum atomic E-state index is 15.0. The van der Waals surface area contributed by atoms with Gasteiger partial charge in [-0.2, -0.15) is 0 Å². The molecule has 0 unspecified atom stereocenters. The molecule has 3 heteroatoms. The van der Waals surface area contributed by atoms with Gasteiger partial charge in [0.2, 0.25) is 0 Å². The molecule has 2 aliphatic rings. The van der Waals surface area contributed by atoms with Gasteiger partial charge in [0.25, 0.3) is 0 Å². The van der Waals surface area contributed by atoms with E-state index < -0.39 is 11.6 Å². The number of fused-ring (bicyclic) bond motifs is 1. The lowest BCUT2D eigenvalue weighted by Crippen LogP contribution is -2.15. The number of unbranched alkanes of at least 4 members (excludes halogenated alkanes) is 1. The van der Waals surface area contributed by atoms with Gasteiger partial charge in [-0.3, -0.25) is 0 Å². The molecule has 4 rings (SSSR count). The predicted molar refractivity (Wildman–Crippen MR) is 112 cm³/mol. The van der Waals surface area contributed by atoms with E-state index in [1.807, 2.05) is 6.08 Å². The molecular formula is C26H29F3. The molecular weight excluding hydrogens is 369 g/mol. The average molecular weight is 399 g/mol. The quantitative estimate of drug-likeness (QED) is 0.483. The highest BCUT2D eigenvalue weighted by Crippen LogP contribution is 2.40. The molecule has 0 amide bonds. The van der Waals surface area contributed by atoms with Gasteiger partial charge in [-0.1, -0.05) is 50.5 Å². The fourth-order valence-corrected chi connectivity index (χ4v) is 5.06. The Balaban J connectivity index is 1.51. The Hall–Kier alpha value is -2.03. The van der Waals surface area contributed by atoms with Gasteiger partial charge in [0, 0.05) is 5.56 Å². The molecule has 0 radical (unpaired) electrons. The summed E-state index contributed by atoms with van der Waals surface area (Å²) in [5, 5.41) is 0.